The number of ketones is 1. The summed E-state index contributed by atoms with van der Waals surface area (Å²) in [7, 11) is 0. The van der Waals surface area contributed by atoms with Crippen LogP contribution in [0, 0.1) is 0 Å². The van der Waals surface area contributed by atoms with E-state index >= 15 is 0 Å². The Morgan fingerprint density at radius 2 is 1.88 bits per heavy atom. The Bertz CT molecular complexity index is 424. The third-order valence-corrected chi connectivity index (χ3v) is 2.86. The molecule has 1 amide bonds. The van der Waals surface area contributed by atoms with Crippen LogP contribution in [0.2, 0.25) is 0 Å². The van der Waals surface area contributed by atoms with Crippen molar-refractivity contribution < 1.29 is 14.7 Å². The van der Waals surface area contributed by atoms with Gasteiger partial charge in [0.25, 0.3) is 0 Å². The number of phenols is 1. The van der Waals surface area contributed by atoms with E-state index in [2.05, 4.69) is 0 Å². The molecule has 0 aliphatic carbocycles. The molecule has 1 saturated heterocycles. The first-order chi connectivity index (χ1) is 7.58. The van der Waals surface area contributed by atoms with Crippen LogP contribution in [0.3, 0.4) is 0 Å². The van der Waals surface area contributed by atoms with Crippen LogP contribution in [0.4, 0.5) is 0 Å². The van der Waals surface area contributed by atoms with Crippen LogP contribution in [0.5, 0.6) is 5.75 Å². The molecule has 0 bridgehead atoms. The minimum Gasteiger partial charge on any atom is -0.508 e. The van der Waals surface area contributed by atoms with E-state index < -0.39 is 0 Å². The van der Waals surface area contributed by atoms with E-state index in [0.717, 1.165) is 5.56 Å². The average molecular weight is 219 g/mol. The number of hydrogen-bond acceptors (Lipinski definition) is 3. The molecule has 1 fully saturated rings. The van der Waals surface area contributed by atoms with Gasteiger partial charge in [-0.05, 0) is 24.6 Å². The summed E-state index contributed by atoms with van der Waals surface area (Å²) in [4.78, 5) is 24.2. The second-order valence-corrected chi connectivity index (χ2v) is 4.00. The van der Waals surface area contributed by atoms with Gasteiger partial charge in [-0.3, -0.25) is 9.59 Å². The molecule has 1 heterocycles. The molecule has 1 unspecified atom stereocenters. The number of carbonyl (C=O) groups is 2. The Morgan fingerprint density at radius 1 is 1.25 bits per heavy atom. The molecule has 0 radical (unpaired) electrons. The fraction of sp³-hybridized carbons (Fsp3) is 0.333. The van der Waals surface area contributed by atoms with E-state index in [1.807, 2.05) is 6.92 Å². The van der Waals surface area contributed by atoms with Gasteiger partial charge in [0, 0.05) is 0 Å². The maximum Gasteiger partial charge on any atom is 0.230 e. The molecule has 1 N–H and O–H groups in total. The average Bonchev–Trinajstić information content (AvgIpc) is 2.58. The van der Waals surface area contributed by atoms with E-state index in [4.69, 9.17) is 5.11 Å². The van der Waals surface area contributed by atoms with Gasteiger partial charge < -0.3 is 10.0 Å². The van der Waals surface area contributed by atoms with Gasteiger partial charge in [-0.25, -0.2) is 0 Å². The largest absolute Gasteiger partial charge is 0.508 e. The number of amides is 1. The molecule has 0 saturated carbocycles. The highest BCUT2D eigenvalue weighted by Gasteiger charge is 2.31. The highest BCUT2D eigenvalue weighted by Crippen LogP contribution is 2.25. The Kier molecular flexibility index (Phi) is 2.64. The van der Waals surface area contributed by atoms with E-state index in [-0.39, 0.29) is 36.4 Å². The molecule has 0 spiro atoms. The number of rotatable bonds is 2. The fourth-order valence-corrected chi connectivity index (χ4v) is 1.89. The maximum atomic E-state index is 11.5. The predicted octanol–water partition coefficient (Wildman–Crippen LogP) is 1.25. The third kappa shape index (κ3) is 1.91. The van der Waals surface area contributed by atoms with Gasteiger partial charge in [-0.15, -0.1) is 0 Å². The molecule has 4 heteroatoms. The molecule has 1 atom stereocenters. The van der Waals surface area contributed by atoms with Crippen LogP contribution in [0.25, 0.3) is 0 Å². The van der Waals surface area contributed by atoms with Gasteiger partial charge in [-0.2, -0.15) is 0 Å². The predicted molar refractivity (Wildman–Crippen MR) is 57.9 cm³/mol. The summed E-state index contributed by atoms with van der Waals surface area (Å²) in [5, 5.41) is 9.16. The van der Waals surface area contributed by atoms with E-state index in [9.17, 15) is 9.59 Å². The standard InChI is InChI=1S/C12H13NO3/c1-8(9-2-4-10(14)5-3-9)13-7-11(15)6-12(13)16/h2-5,8,14H,6-7H2,1H3. The third-order valence-electron chi connectivity index (χ3n) is 2.86. The van der Waals surface area contributed by atoms with Crippen molar-refractivity contribution >= 4 is 11.7 Å². The lowest BCUT2D eigenvalue weighted by atomic mass is 10.1. The van der Waals surface area contributed by atoms with Crippen LogP contribution < -0.4 is 0 Å². The highest BCUT2D eigenvalue weighted by atomic mass is 16.3. The van der Waals surface area contributed by atoms with Gasteiger partial charge in [0.2, 0.25) is 5.91 Å². The van der Waals surface area contributed by atoms with Crippen molar-refractivity contribution in [3.8, 4) is 5.75 Å². The minimum absolute atomic E-state index is 0.0163. The van der Waals surface area contributed by atoms with Gasteiger partial charge in [0.05, 0.1) is 19.0 Å². The molecule has 1 aliphatic heterocycles. The fourth-order valence-electron chi connectivity index (χ4n) is 1.89. The number of likely N-dealkylation sites (tertiary alicyclic amines) is 1. The normalized spacial score (nSPS) is 17.9. The number of phenolic OH excluding ortho intramolecular Hbond substituents is 1. The maximum absolute atomic E-state index is 11.5. The first-order valence-electron chi connectivity index (χ1n) is 5.18. The van der Waals surface area contributed by atoms with Crippen LogP contribution in [0.15, 0.2) is 24.3 Å². The van der Waals surface area contributed by atoms with E-state index in [1.165, 1.54) is 0 Å². The molecular formula is C12H13NO3. The monoisotopic (exact) mass is 219 g/mol. The molecule has 84 valence electrons. The number of carbonyl (C=O) groups excluding carboxylic acids is 2. The van der Waals surface area contributed by atoms with Crippen LogP contribution >= 0.6 is 0 Å². The smallest absolute Gasteiger partial charge is 0.230 e. The molecule has 1 aromatic rings. The summed E-state index contributed by atoms with van der Waals surface area (Å²) >= 11 is 0. The second kappa shape index (κ2) is 3.96. The molecule has 0 aromatic heterocycles. The zero-order valence-electron chi connectivity index (χ0n) is 9.01. The molecule has 2 rings (SSSR count). The molecule has 1 aromatic carbocycles. The number of nitrogens with zero attached hydrogens (tertiary/aromatic N) is 1. The van der Waals surface area contributed by atoms with Crippen molar-refractivity contribution in [2.45, 2.75) is 19.4 Å². The summed E-state index contributed by atoms with van der Waals surface area (Å²) in [5.74, 6) is 0.0426. The van der Waals surface area contributed by atoms with E-state index in [1.54, 1.807) is 29.2 Å². The molecular weight excluding hydrogens is 206 g/mol. The first-order valence-corrected chi connectivity index (χ1v) is 5.18. The van der Waals surface area contributed by atoms with Gasteiger partial charge >= 0.3 is 0 Å². The van der Waals surface area contributed by atoms with Gasteiger partial charge in [-0.1, -0.05) is 12.1 Å². The minimum atomic E-state index is -0.125. The number of Topliss-reactive ketones (excluding diaryl/α,β-unsaturated/α-hetero) is 1. The summed E-state index contributed by atoms with van der Waals surface area (Å²) in [6, 6.07) is 6.55. The topological polar surface area (TPSA) is 57.6 Å². The lowest BCUT2D eigenvalue weighted by Gasteiger charge is -2.23. The summed E-state index contributed by atoms with van der Waals surface area (Å²) in [6.45, 7) is 2.07. The van der Waals surface area contributed by atoms with Crippen LogP contribution in [-0.2, 0) is 9.59 Å². The van der Waals surface area contributed by atoms with Crippen molar-refractivity contribution in [3.63, 3.8) is 0 Å². The van der Waals surface area contributed by atoms with Crippen molar-refractivity contribution in [3.05, 3.63) is 29.8 Å². The SMILES string of the molecule is CC(c1ccc(O)cc1)N1CC(=O)CC1=O. The van der Waals surface area contributed by atoms with Crippen molar-refractivity contribution in [1.29, 1.82) is 0 Å². The van der Waals surface area contributed by atoms with Crippen LogP contribution in [-0.4, -0.2) is 28.2 Å². The lowest BCUT2D eigenvalue weighted by molar-refractivity contribution is -0.129. The van der Waals surface area contributed by atoms with Crippen molar-refractivity contribution in [2.24, 2.45) is 0 Å². The van der Waals surface area contributed by atoms with Crippen LogP contribution in [0.1, 0.15) is 24.9 Å². The number of aromatic hydroxyl groups is 1. The molecule has 1 aliphatic rings. The second-order valence-electron chi connectivity index (χ2n) is 4.00. The Labute approximate surface area is 93.5 Å². The van der Waals surface area contributed by atoms with E-state index in [0.29, 0.717) is 0 Å². The first kappa shape index (κ1) is 10.7. The van der Waals surface area contributed by atoms with Crippen molar-refractivity contribution in [2.75, 3.05) is 6.54 Å². The summed E-state index contributed by atoms with van der Waals surface area (Å²) in [6.07, 6.45) is 0.0163. The van der Waals surface area contributed by atoms with Gasteiger partial charge in [0.1, 0.15) is 5.75 Å². The summed E-state index contributed by atoms with van der Waals surface area (Å²) in [5.41, 5.74) is 0.917. The quantitative estimate of drug-likeness (QED) is 0.762. The molecule has 4 nitrogen and oxygen atoms in total. The van der Waals surface area contributed by atoms with Crippen molar-refractivity contribution in [1.82, 2.24) is 4.90 Å². The Balaban J connectivity index is 2.19. The number of hydrogen-bond donors (Lipinski definition) is 1. The highest BCUT2D eigenvalue weighted by molar-refractivity contribution is 6.05. The lowest BCUT2D eigenvalue weighted by Crippen LogP contribution is -2.28. The number of benzene rings is 1. The Morgan fingerprint density at radius 3 is 2.38 bits per heavy atom. The van der Waals surface area contributed by atoms with Gasteiger partial charge in [0.15, 0.2) is 5.78 Å². The molecule has 16 heavy (non-hydrogen) atoms. The zero-order chi connectivity index (χ0) is 11.7. The Hall–Kier alpha value is -1.84. The summed E-state index contributed by atoms with van der Waals surface area (Å²) < 4.78 is 0. The zero-order valence-corrected chi connectivity index (χ0v) is 9.01.